The maximum atomic E-state index is 13.8. The molecule has 0 radical (unpaired) electrons. The third-order valence-electron chi connectivity index (χ3n) is 5.20. The zero-order chi connectivity index (χ0) is 19.6. The summed E-state index contributed by atoms with van der Waals surface area (Å²) >= 11 is 5.74. The lowest BCUT2D eigenvalue weighted by Crippen LogP contribution is -2.52. The number of benzene rings is 2. The maximum absolute atomic E-state index is 13.8. The molecule has 146 valence electrons. The van der Waals surface area contributed by atoms with Crippen LogP contribution in [0.3, 0.4) is 0 Å². The van der Waals surface area contributed by atoms with Gasteiger partial charge in [-0.2, -0.15) is 0 Å². The van der Waals surface area contributed by atoms with E-state index < -0.39 is 17.8 Å². The number of hydrogen-bond acceptors (Lipinski definition) is 4. The Morgan fingerprint density at radius 2 is 1.96 bits per heavy atom. The summed E-state index contributed by atoms with van der Waals surface area (Å²) in [6.07, 6.45) is -0.506. The summed E-state index contributed by atoms with van der Waals surface area (Å²) in [6.45, 7) is 2.15. The van der Waals surface area contributed by atoms with E-state index >= 15 is 0 Å². The largest absolute Gasteiger partial charge is 0.396 e. The van der Waals surface area contributed by atoms with Crippen LogP contribution in [-0.2, 0) is 10.3 Å². The summed E-state index contributed by atoms with van der Waals surface area (Å²) in [7, 11) is 0. The zero-order valence-corrected chi connectivity index (χ0v) is 15.7. The SMILES string of the molecule is CC(c1ccc(Cl)c(F)c1)N1CC[C@](CCO)(c2ccc(F)cc2)OC1O. The number of rotatable bonds is 5. The highest BCUT2D eigenvalue weighted by atomic mass is 35.5. The first-order valence-electron chi connectivity index (χ1n) is 8.80. The molecule has 0 amide bonds. The van der Waals surface area contributed by atoms with Crippen LogP contribution in [-0.4, -0.2) is 34.7 Å². The standard InChI is InChI=1S/C20H22ClF2NO3/c1-13(14-2-7-17(21)18(23)12-14)24-10-8-20(9-11-25,27-19(24)26)15-3-5-16(22)6-4-15/h2-7,12-13,19,25-26H,8-11H2,1H3/t13?,19?,20-/m0/s1. The lowest BCUT2D eigenvalue weighted by molar-refractivity contribution is -0.299. The van der Waals surface area contributed by atoms with Crippen molar-refractivity contribution in [3.63, 3.8) is 0 Å². The van der Waals surface area contributed by atoms with Crippen molar-refractivity contribution in [3.05, 3.63) is 70.2 Å². The van der Waals surface area contributed by atoms with Crippen molar-refractivity contribution in [1.29, 1.82) is 0 Å². The molecule has 1 aliphatic rings. The minimum atomic E-state index is -1.26. The average Bonchev–Trinajstić information content (AvgIpc) is 2.64. The molecule has 4 nitrogen and oxygen atoms in total. The maximum Gasteiger partial charge on any atom is 0.217 e. The predicted octanol–water partition coefficient (Wildman–Crippen LogP) is 3.96. The number of ether oxygens (including phenoxy) is 1. The third kappa shape index (κ3) is 4.15. The Morgan fingerprint density at radius 3 is 2.56 bits per heavy atom. The van der Waals surface area contributed by atoms with Gasteiger partial charge in [0.1, 0.15) is 17.2 Å². The van der Waals surface area contributed by atoms with Gasteiger partial charge in [-0.25, -0.2) is 13.7 Å². The van der Waals surface area contributed by atoms with Crippen molar-refractivity contribution in [1.82, 2.24) is 4.90 Å². The van der Waals surface area contributed by atoms with Gasteiger partial charge in [0.2, 0.25) is 6.41 Å². The van der Waals surface area contributed by atoms with Crippen LogP contribution in [0.5, 0.6) is 0 Å². The van der Waals surface area contributed by atoms with E-state index in [4.69, 9.17) is 16.3 Å². The number of aliphatic hydroxyl groups excluding tert-OH is 2. The van der Waals surface area contributed by atoms with E-state index in [0.29, 0.717) is 24.1 Å². The van der Waals surface area contributed by atoms with Crippen molar-refractivity contribution in [2.24, 2.45) is 0 Å². The van der Waals surface area contributed by atoms with Crippen LogP contribution in [0.2, 0.25) is 5.02 Å². The second kappa shape index (κ2) is 8.20. The molecule has 3 atom stereocenters. The summed E-state index contributed by atoms with van der Waals surface area (Å²) in [4.78, 5) is 1.70. The van der Waals surface area contributed by atoms with Gasteiger partial charge in [-0.15, -0.1) is 0 Å². The van der Waals surface area contributed by atoms with Crippen LogP contribution in [0.1, 0.15) is 36.9 Å². The van der Waals surface area contributed by atoms with Gasteiger partial charge in [0.25, 0.3) is 0 Å². The Hall–Kier alpha value is -1.57. The molecule has 2 aromatic carbocycles. The van der Waals surface area contributed by atoms with E-state index in [1.165, 1.54) is 24.3 Å². The van der Waals surface area contributed by atoms with Crippen molar-refractivity contribution in [3.8, 4) is 0 Å². The van der Waals surface area contributed by atoms with Gasteiger partial charge >= 0.3 is 0 Å². The van der Waals surface area contributed by atoms with Crippen LogP contribution in [0.25, 0.3) is 0 Å². The number of aliphatic hydroxyl groups is 2. The first-order chi connectivity index (χ1) is 12.9. The zero-order valence-electron chi connectivity index (χ0n) is 14.9. The molecular formula is C20H22ClF2NO3. The molecule has 0 aliphatic carbocycles. The van der Waals surface area contributed by atoms with E-state index in [1.54, 1.807) is 23.1 Å². The van der Waals surface area contributed by atoms with Gasteiger partial charge in [-0.3, -0.25) is 0 Å². The first kappa shape index (κ1) is 20.2. The lowest BCUT2D eigenvalue weighted by Gasteiger charge is -2.47. The highest BCUT2D eigenvalue weighted by molar-refractivity contribution is 6.30. The third-order valence-corrected chi connectivity index (χ3v) is 5.50. The summed E-state index contributed by atoms with van der Waals surface area (Å²) in [5.74, 6) is -0.886. The Labute approximate surface area is 161 Å². The highest BCUT2D eigenvalue weighted by Crippen LogP contribution is 2.40. The molecule has 1 aliphatic heterocycles. The van der Waals surface area contributed by atoms with Crippen LogP contribution in [0.15, 0.2) is 42.5 Å². The predicted molar refractivity (Wildman–Crippen MR) is 98.0 cm³/mol. The van der Waals surface area contributed by atoms with Crippen LogP contribution < -0.4 is 0 Å². The monoisotopic (exact) mass is 397 g/mol. The van der Waals surface area contributed by atoms with Crippen molar-refractivity contribution < 1.29 is 23.7 Å². The molecule has 2 unspecified atom stereocenters. The fourth-order valence-electron chi connectivity index (χ4n) is 3.57. The highest BCUT2D eigenvalue weighted by Gasteiger charge is 2.42. The average molecular weight is 398 g/mol. The molecule has 27 heavy (non-hydrogen) atoms. The normalized spacial score (nSPS) is 24.7. The fraction of sp³-hybridized carbons (Fsp3) is 0.400. The summed E-state index contributed by atoms with van der Waals surface area (Å²) < 4.78 is 33.0. The van der Waals surface area contributed by atoms with Gasteiger partial charge in [0.15, 0.2) is 0 Å². The Kier molecular flexibility index (Phi) is 6.13. The molecular weight excluding hydrogens is 376 g/mol. The van der Waals surface area contributed by atoms with Gasteiger partial charge in [-0.05, 0) is 48.7 Å². The van der Waals surface area contributed by atoms with E-state index in [1.807, 2.05) is 6.92 Å². The molecule has 0 spiro atoms. The van der Waals surface area contributed by atoms with Crippen LogP contribution in [0, 0.1) is 11.6 Å². The number of halogens is 3. The first-order valence-corrected chi connectivity index (χ1v) is 9.17. The summed E-state index contributed by atoms with van der Waals surface area (Å²) in [6, 6.07) is 10.1. The number of hydrogen-bond donors (Lipinski definition) is 2. The molecule has 1 heterocycles. The Bertz CT molecular complexity index is 789. The molecule has 2 aromatic rings. The molecule has 0 saturated carbocycles. The molecule has 0 aromatic heterocycles. The number of nitrogens with zero attached hydrogens (tertiary/aromatic N) is 1. The Morgan fingerprint density at radius 1 is 1.26 bits per heavy atom. The molecule has 2 N–H and O–H groups in total. The molecule has 1 fully saturated rings. The molecule has 7 heteroatoms. The van der Waals surface area contributed by atoms with Gasteiger partial charge < -0.3 is 14.9 Å². The van der Waals surface area contributed by atoms with Crippen molar-refractivity contribution >= 4 is 11.6 Å². The second-order valence-corrected chi connectivity index (χ2v) is 7.16. The molecule has 0 bridgehead atoms. The van der Waals surface area contributed by atoms with Crippen molar-refractivity contribution in [2.75, 3.05) is 13.2 Å². The second-order valence-electron chi connectivity index (χ2n) is 6.76. The van der Waals surface area contributed by atoms with E-state index in [0.717, 1.165) is 0 Å². The molecule has 3 rings (SSSR count). The smallest absolute Gasteiger partial charge is 0.217 e. The summed E-state index contributed by atoms with van der Waals surface area (Å²) in [5.41, 5.74) is 0.446. The van der Waals surface area contributed by atoms with E-state index in [-0.39, 0.29) is 29.9 Å². The van der Waals surface area contributed by atoms with Gasteiger partial charge in [0, 0.05) is 25.6 Å². The fourth-order valence-corrected chi connectivity index (χ4v) is 3.69. The minimum absolute atomic E-state index is 0.0414. The summed E-state index contributed by atoms with van der Waals surface area (Å²) in [5, 5.41) is 20.2. The van der Waals surface area contributed by atoms with Crippen LogP contribution in [0.4, 0.5) is 8.78 Å². The molecule has 1 saturated heterocycles. The van der Waals surface area contributed by atoms with E-state index in [2.05, 4.69) is 0 Å². The van der Waals surface area contributed by atoms with E-state index in [9.17, 15) is 19.0 Å². The van der Waals surface area contributed by atoms with Crippen molar-refractivity contribution in [2.45, 2.75) is 37.8 Å². The van der Waals surface area contributed by atoms with Crippen LogP contribution >= 0.6 is 11.6 Å². The lowest BCUT2D eigenvalue weighted by atomic mass is 9.85. The van der Waals surface area contributed by atoms with Gasteiger partial charge in [-0.1, -0.05) is 29.8 Å². The van der Waals surface area contributed by atoms with Gasteiger partial charge in [0.05, 0.1) is 5.02 Å². The topological polar surface area (TPSA) is 52.9 Å². The quantitative estimate of drug-likeness (QED) is 0.802. The minimum Gasteiger partial charge on any atom is -0.396 e. The Balaban J connectivity index is 1.82.